The Balaban J connectivity index is 1.41. The minimum atomic E-state index is -4.79. The first-order valence-electron chi connectivity index (χ1n) is 10.6. The Morgan fingerprint density at radius 3 is 2.53 bits per heavy atom. The van der Waals surface area contributed by atoms with E-state index in [2.05, 4.69) is 36.8 Å². The highest BCUT2D eigenvalue weighted by Gasteiger charge is 2.62. The van der Waals surface area contributed by atoms with Gasteiger partial charge in [-0.1, -0.05) is 0 Å². The van der Waals surface area contributed by atoms with Crippen LogP contribution >= 0.6 is 0 Å². The third-order valence-electron chi connectivity index (χ3n) is 6.48. The maximum Gasteiger partial charge on any atom is 0.573 e. The van der Waals surface area contributed by atoms with E-state index >= 15 is 0 Å². The molecule has 3 N–H and O–H groups in total. The molecule has 1 aliphatic carbocycles. The molecule has 1 aromatic carbocycles. The van der Waals surface area contributed by atoms with Crippen molar-refractivity contribution >= 4 is 17.4 Å². The summed E-state index contributed by atoms with van der Waals surface area (Å²) in [6.45, 7) is 2.86. The van der Waals surface area contributed by atoms with Crippen molar-refractivity contribution in [2.75, 3.05) is 16.8 Å². The van der Waals surface area contributed by atoms with Crippen molar-refractivity contribution < 1.29 is 22.7 Å². The van der Waals surface area contributed by atoms with Gasteiger partial charge in [0.15, 0.2) is 0 Å². The van der Waals surface area contributed by atoms with E-state index in [1.54, 1.807) is 18.5 Å². The number of nitrogens with one attached hydrogen (secondary N) is 1. The summed E-state index contributed by atoms with van der Waals surface area (Å²) in [4.78, 5) is 27.8. The molecule has 11 heteroatoms. The molecule has 1 amide bonds. The van der Waals surface area contributed by atoms with Gasteiger partial charge >= 0.3 is 6.36 Å². The third-order valence-corrected chi connectivity index (χ3v) is 6.48. The molecule has 2 fully saturated rings. The first-order valence-corrected chi connectivity index (χ1v) is 10.6. The second-order valence-electron chi connectivity index (χ2n) is 8.59. The lowest BCUT2D eigenvalue weighted by molar-refractivity contribution is -0.274. The van der Waals surface area contributed by atoms with Gasteiger partial charge in [0.1, 0.15) is 17.9 Å². The number of piperidine rings is 1. The number of fused-ring (bicyclic) bond motifs is 1. The van der Waals surface area contributed by atoms with Crippen molar-refractivity contribution in [2.45, 2.75) is 31.3 Å². The fourth-order valence-corrected chi connectivity index (χ4v) is 4.47. The molecule has 5 rings (SSSR count). The summed E-state index contributed by atoms with van der Waals surface area (Å²) >= 11 is 0. The summed E-state index contributed by atoms with van der Waals surface area (Å²) in [6.07, 6.45) is 2.39. The lowest BCUT2D eigenvalue weighted by Crippen LogP contribution is -2.43. The quantitative estimate of drug-likeness (QED) is 0.587. The Labute approximate surface area is 193 Å². The van der Waals surface area contributed by atoms with E-state index in [-0.39, 0.29) is 22.9 Å². The molecule has 0 spiro atoms. The van der Waals surface area contributed by atoms with Gasteiger partial charge in [-0.2, -0.15) is 0 Å². The van der Waals surface area contributed by atoms with Crippen molar-refractivity contribution in [1.82, 2.24) is 15.0 Å². The zero-order valence-electron chi connectivity index (χ0n) is 18.1. The van der Waals surface area contributed by atoms with E-state index in [0.717, 1.165) is 25.1 Å². The zero-order valence-corrected chi connectivity index (χ0v) is 18.1. The number of hydrogen-bond donors (Lipinski definition) is 2. The number of hydrogen-bond acceptors (Lipinski definition) is 7. The van der Waals surface area contributed by atoms with Crippen LogP contribution in [0.2, 0.25) is 0 Å². The van der Waals surface area contributed by atoms with E-state index in [9.17, 15) is 18.0 Å². The first-order chi connectivity index (χ1) is 16.1. The van der Waals surface area contributed by atoms with Crippen LogP contribution in [0.15, 0.2) is 55.2 Å². The topological polar surface area (TPSA) is 106 Å². The number of ether oxygens (including phenoxy) is 1. The van der Waals surface area contributed by atoms with Gasteiger partial charge in [0.25, 0.3) is 5.91 Å². The number of nitrogens with zero attached hydrogens (tertiary/aromatic N) is 4. The summed E-state index contributed by atoms with van der Waals surface area (Å²) in [6, 6.07) is 6.69. The fourth-order valence-electron chi connectivity index (χ4n) is 4.47. The van der Waals surface area contributed by atoms with Crippen LogP contribution in [-0.2, 0) is 0 Å². The average Bonchev–Trinajstić information content (AvgIpc) is 3.41. The average molecular weight is 470 g/mol. The third kappa shape index (κ3) is 4.14. The van der Waals surface area contributed by atoms with Crippen LogP contribution in [0.1, 0.15) is 23.7 Å². The highest BCUT2D eigenvalue weighted by atomic mass is 19.4. The number of pyridine rings is 1. The minimum absolute atomic E-state index is 0.0884. The van der Waals surface area contributed by atoms with Gasteiger partial charge in [-0.05, 0) is 49.6 Å². The molecule has 2 aliphatic rings. The molecule has 8 nitrogen and oxygen atoms in total. The number of halogens is 3. The van der Waals surface area contributed by atoms with Gasteiger partial charge in [-0.15, -0.1) is 13.2 Å². The second kappa shape index (κ2) is 7.94. The molecule has 1 saturated heterocycles. The maximum absolute atomic E-state index is 12.9. The summed E-state index contributed by atoms with van der Waals surface area (Å²) in [5.41, 5.74) is 8.25. The minimum Gasteiger partial charge on any atom is -0.406 e. The van der Waals surface area contributed by atoms with E-state index in [0.29, 0.717) is 28.6 Å². The SMILES string of the molecule is CC1N(c2ncc(C(=O)Nc3ccc(OC(F)(F)F)cc3)cc2-c2cncnc2)C[C@H]2C[C@]12N. The van der Waals surface area contributed by atoms with Crippen molar-refractivity contribution in [2.24, 2.45) is 11.7 Å². The van der Waals surface area contributed by atoms with Crippen LogP contribution in [0.4, 0.5) is 24.7 Å². The number of amides is 1. The van der Waals surface area contributed by atoms with Crippen LogP contribution < -0.4 is 20.7 Å². The Hall–Kier alpha value is -3.73. The summed E-state index contributed by atoms with van der Waals surface area (Å²) < 4.78 is 40.9. The lowest BCUT2D eigenvalue weighted by Gasteiger charge is -2.30. The molecular formula is C23H21F3N6O2. The molecule has 3 aromatic rings. The molecular weight excluding hydrogens is 449 g/mol. The van der Waals surface area contributed by atoms with Gasteiger partial charge in [0.05, 0.1) is 5.56 Å². The molecule has 0 bridgehead atoms. The van der Waals surface area contributed by atoms with Gasteiger partial charge in [0, 0.05) is 53.5 Å². The van der Waals surface area contributed by atoms with E-state index in [1.807, 2.05) is 0 Å². The molecule has 34 heavy (non-hydrogen) atoms. The number of nitrogens with two attached hydrogens (primary N) is 1. The normalized spacial score (nSPS) is 23.4. The van der Waals surface area contributed by atoms with Crippen LogP contribution in [-0.4, -0.2) is 45.3 Å². The fraction of sp³-hybridized carbons (Fsp3) is 0.304. The summed E-state index contributed by atoms with van der Waals surface area (Å²) in [5.74, 6) is 0.272. The number of benzene rings is 1. The smallest absolute Gasteiger partial charge is 0.406 e. The number of carbonyl (C=O) groups is 1. The molecule has 2 aromatic heterocycles. The lowest BCUT2D eigenvalue weighted by atomic mass is 10.0. The van der Waals surface area contributed by atoms with Crippen LogP contribution in [0.5, 0.6) is 5.75 Å². The summed E-state index contributed by atoms with van der Waals surface area (Å²) in [7, 11) is 0. The molecule has 176 valence electrons. The Kier molecular flexibility index (Phi) is 5.16. The molecule has 3 heterocycles. The van der Waals surface area contributed by atoms with Crippen LogP contribution in [0.3, 0.4) is 0 Å². The Morgan fingerprint density at radius 1 is 1.21 bits per heavy atom. The second-order valence-corrected chi connectivity index (χ2v) is 8.59. The van der Waals surface area contributed by atoms with Gasteiger partial charge < -0.3 is 20.7 Å². The number of aromatic nitrogens is 3. The maximum atomic E-state index is 12.9. The molecule has 1 unspecified atom stereocenters. The molecule has 0 radical (unpaired) electrons. The van der Waals surface area contributed by atoms with Crippen LogP contribution in [0.25, 0.3) is 11.1 Å². The summed E-state index contributed by atoms with van der Waals surface area (Å²) in [5, 5.41) is 2.66. The van der Waals surface area contributed by atoms with Crippen molar-refractivity contribution in [1.29, 1.82) is 0 Å². The number of rotatable bonds is 5. The predicted molar refractivity (Wildman–Crippen MR) is 118 cm³/mol. The number of alkyl halides is 3. The first kappa shape index (κ1) is 22.1. The molecule has 3 atom stereocenters. The Morgan fingerprint density at radius 2 is 1.91 bits per heavy atom. The molecule has 1 aliphatic heterocycles. The standard InChI is InChI=1S/C23H21F3N6O2/c1-13-22(27)7-16(22)11-32(13)20-19(15-8-28-12-29-9-15)6-14(10-30-20)21(33)31-17-2-4-18(5-3-17)34-23(24,25)26/h2-6,8-10,12-13,16H,7,11,27H2,1H3,(H,31,33)/t13?,16-,22+/m1/s1. The Bertz CT molecular complexity index is 1220. The highest BCUT2D eigenvalue weighted by Crippen LogP contribution is 2.53. The van der Waals surface area contributed by atoms with Gasteiger partial charge in [0.2, 0.25) is 0 Å². The predicted octanol–water partition coefficient (Wildman–Crippen LogP) is 3.62. The van der Waals surface area contributed by atoms with Crippen LogP contribution in [0, 0.1) is 5.92 Å². The van der Waals surface area contributed by atoms with E-state index in [1.165, 1.54) is 24.7 Å². The zero-order chi connectivity index (χ0) is 24.1. The monoisotopic (exact) mass is 470 g/mol. The van der Waals surface area contributed by atoms with Crippen molar-refractivity contribution in [3.63, 3.8) is 0 Å². The highest BCUT2D eigenvalue weighted by molar-refractivity contribution is 6.05. The largest absolute Gasteiger partial charge is 0.573 e. The van der Waals surface area contributed by atoms with E-state index in [4.69, 9.17) is 5.73 Å². The number of carbonyl (C=O) groups excluding carboxylic acids is 1. The van der Waals surface area contributed by atoms with Crippen molar-refractivity contribution in [3.05, 3.63) is 60.8 Å². The van der Waals surface area contributed by atoms with Crippen molar-refractivity contribution in [3.8, 4) is 16.9 Å². The van der Waals surface area contributed by atoms with Gasteiger partial charge in [-0.25, -0.2) is 15.0 Å². The van der Waals surface area contributed by atoms with Gasteiger partial charge in [-0.3, -0.25) is 4.79 Å². The number of anilines is 2. The molecule has 1 saturated carbocycles. The van der Waals surface area contributed by atoms with E-state index < -0.39 is 12.3 Å².